The molecule has 0 atom stereocenters. The molecule has 162 valence electrons. The molecule has 4 N–H and O–H groups in total. The van der Waals surface area contributed by atoms with Gasteiger partial charge in [-0.1, -0.05) is 13.8 Å². The summed E-state index contributed by atoms with van der Waals surface area (Å²) in [6, 6.07) is 6.87. The minimum Gasteiger partial charge on any atom is -0.343 e. The van der Waals surface area contributed by atoms with Crippen molar-refractivity contribution >= 4 is 31.6 Å². The Morgan fingerprint density at radius 2 is 1.90 bits per heavy atom. The Balaban J connectivity index is 1.56. The number of aromatic nitrogens is 3. The predicted molar refractivity (Wildman–Crippen MR) is 119 cm³/mol. The van der Waals surface area contributed by atoms with Gasteiger partial charge in [0.2, 0.25) is 10.0 Å². The van der Waals surface area contributed by atoms with Crippen LogP contribution in [0.25, 0.3) is 22.3 Å². The lowest BCUT2D eigenvalue weighted by Gasteiger charge is -2.39. The Labute approximate surface area is 177 Å². The second-order valence-corrected chi connectivity index (χ2v) is 12.1. The summed E-state index contributed by atoms with van der Waals surface area (Å²) in [5.74, 6) is 0.788. The molecule has 3 aromatic rings. The van der Waals surface area contributed by atoms with Crippen molar-refractivity contribution in [2.24, 2.45) is 0 Å². The first-order valence-electron chi connectivity index (χ1n) is 9.84. The summed E-state index contributed by atoms with van der Waals surface area (Å²) in [6.45, 7) is 4.20. The highest BCUT2D eigenvalue weighted by atomic mass is 32.3. The SMILES string of the molecule is CC(C)c1cc2c(-c3ccc(S(=O)(=O)NC4CCS(O)(O)CC4)cn3)ccnc2[nH]1. The number of pyridine rings is 2. The third-order valence-electron chi connectivity index (χ3n) is 5.41. The normalized spacial score (nSPS) is 18.7. The molecule has 0 amide bonds. The van der Waals surface area contributed by atoms with Gasteiger partial charge in [0.1, 0.15) is 10.5 Å². The first-order valence-corrected chi connectivity index (χ1v) is 13.2. The van der Waals surface area contributed by atoms with Gasteiger partial charge >= 0.3 is 0 Å². The van der Waals surface area contributed by atoms with Crippen LogP contribution in [0.2, 0.25) is 0 Å². The fourth-order valence-corrected chi connectivity index (χ4v) is 6.37. The largest absolute Gasteiger partial charge is 0.343 e. The fourth-order valence-electron chi connectivity index (χ4n) is 3.59. The molecule has 0 unspecified atom stereocenters. The Kier molecular flexibility index (Phi) is 5.62. The molecular weight excluding hydrogens is 424 g/mol. The summed E-state index contributed by atoms with van der Waals surface area (Å²) >= 11 is 0. The van der Waals surface area contributed by atoms with E-state index >= 15 is 0 Å². The van der Waals surface area contributed by atoms with Crippen LogP contribution in [0.3, 0.4) is 0 Å². The third-order valence-corrected chi connectivity index (χ3v) is 8.69. The number of rotatable bonds is 5. The van der Waals surface area contributed by atoms with Crippen LogP contribution in [0.15, 0.2) is 41.6 Å². The molecule has 0 spiro atoms. The molecule has 0 aliphatic carbocycles. The van der Waals surface area contributed by atoms with E-state index < -0.39 is 20.6 Å². The Hall–Kier alpha value is -1.98. The van der Waals surface area contributed by atoms with Crippen LogP contribution < -0.4 is 4.72 Å². The van der Waals surface area contributed by atoms with Crippen LogP contribution in [0.1, 0.15) is 38.3 Å². The topological polar surface area (TPSA) is 128 Å². The van der Waals surface area contributed by atoms with Gasteiger partial charge in [-0.25, -0.2) is 18.1 Å². The Bertz CT molecular complexity index is 1150. The van der Waals surface area contributed by atoms with E-state index in [0.717, 1.165) is 22.3 Å². The summed E-state index contributed by atoms with van der Waals surface area (Å²) in [7, 11) is -6.28. The molecule has 1 saturated heterocycles. The number of nitrogens with zero attached hydrogens (tertiary/aromatic N) is 2. The highest BCUT2D eigenvalue weighted by molar-refractivity contribution is 8.24. The van der Waals surface area contributed by atoms with E-state index in [9.17, 15) is 17.5 Å². The van der Waals surface area contributed by atoms with Crippen molar-refractivity contribution in [3.05, 3.63) is 42.4 Å². The van der Waals surface area contributed by atoms with Crippen LogP contribution >= 0.6 is 10.6 Å². The van der Waals surface area contributed by atoms with Crippen molar-refractivity contribution in [2.75, 3.05) is 11.5 Å². The molecule has 10 heteroatoms. The van der Waals surface area contributed by atoms with Gasteiger partial charge in [0.25, 0.3) is 0 Å². The van der Waals surface area contributed by atoms with Gasteiger partial charge in [0.15, 0.2) is 0 Å². The van der Waals surface area contributed by atoms with E-state index in [-0.39, 0.29) is 22.4 Å². The molecule has 0 radical (unpaired) electrons. The van der Waals surface area contributed by atoms with Gasteiger partial charge in [-0.05, 0) is 43.0 Å². The first-order chi connectivity index (χ1) is 14.1. The number of nitrogens with one attached hydrogen (secondary N) is 2. The van der Waals surface area contributed by atoms with Gasteiger partial charge in [-0.2, -0.15) is 10.6 Å². The van der Waals surface area contributed by atoms with Crippen LogP contribution in [-0.4, -0.2) is 50.0 Å². The summed E-state index contributed by atoms with van der Waals surface area (Å²) in [5, 5.41) is 0.948. The minimum atomic E-state index is -3.73. The third kappa shape index (κ3) is 4.37. The number of hydrogen-bond donors (Lipinski definition) is 4. The molecule has 0 aromatic carbocycles. The van der Waals surface area contributed by atoms with Crippen molar-refractivity contribution in [2.45, 2.75) is 43.5 Å². The lowest BCUT2D eigenvalue weighted by molar-refractivity contribution is 0.444. The molecule has 30 heavy (non-hydrogen) atoms. The second kappa shape index (κ2) is 7.93. The van der Waals surface area contributed by atoms with E-state index in [4.69, 9.17) is 0 Å². The van der Waals surface area contributed by atoms with Crippen LogP contribution in [-0.2, 0) is 10.0 Å². The van der Waals surface area contributed by atoms with Crippen molar-refractivity contribution in [3.63, 3.8) is 0 Å². The average molecular weight is 451 g/mol. The zero-order valence-corrected chi connectivity index (χ0v) is 18.5. The fraction of sp³-hybridized carbons (Fsp3) is 0.400. The molecule has 8 nitrogen and oxygen atoms in total. The average Bonchev–Trinajstić information content (AvgIpc) is 3.14. The maximum absolute atomic E-state index is 12.7. The van der Waals surface area contributed by atoms with E-state index in [1.807, 2.05) is 6.07 Å². The van der Waals surface area contributed by atoms with Crippen molar-refractivity contribution in [1.82, 2.24) is 19.7 Å². The summed E-state index contributed by atoms with van der Waals surface area (Å²) in [6.07, 6.45) is 3.89. The minimum absolute atomic E-state index is 0.0886. The molecule has 3 aromatic heterocycles. The summed E-state index contributed by atoms with van der Waals surface area (Å²) < 4.78 is 47.5. The van der Waals surface area contributed by atoms with Crippen LogP contribution in [0.5, 0.6) is 0 Å². The molecule has 4 rings (SSSR count). The van der Waals surface area contributed by atoms with E-state index in [2.05, 4.69) is 39.6 Å². The van der Waals surface area contributed by atoms with E-state index in [1.165, 1.54) is 6.20 Å². The lowest BCUT2D eigenvalue weighted by atomic mass is 10.1. The highest BCUT2D eigenvalue weighted by Gasteiger charge is 2.28. The molecule has 0 saturated carbocycles. The Morgan fingerprint density at radius 3 is 2.53 bits per heavy atom. The zero-order valence-electron chi connectivity index (χ0n) is 16.9. The number of hydrogen-bond acceptors (Lipinski definition) is 6. The zero-order chi connectivity index (χ0) is 21.5. The Morgan fingerprint density at radius 1 is 1.17 bits per heavy atom. The van der Waals surface area contributed by atoms with Gasteiger partial charge in [0, 0.05) is 46.6 Å². The number of fused-ring (bicyclic) bond motifs is 1. The maximum atomic E-state index is 12.7. The monoisotopic (exact) mass is 450 g/mol. The van der Waals surface area contributed by atoms with Gasteiger partial charge in [-0.3, -0.25) is 14.1 Å². The molecule has 1 aliphatic heterocycles. The van der Waals surface area contributed by atoms with E-state index in [0.29, 0.717) is 24.5 Å². The quantitative estimate of drug-likeness (QED) is 0.466. The summed E-state index contributed by atoms with van der Waals surface area (Å²) in [5.41, 5.74) is 3.41. The highest BCUT2D eigenvalue weighted by Crippen LogP contribution is 2.44. The summed E-state index contributed by atoms with van der Waals surface area (Å²) in [4.78, 5) is 12.2. The lowest BCUT2D eigenvalue weighted by Crippen LogP contribution is -2.39. The van der Waals surface area contributed by atoms with Crippen molar-refractivity contribution < 1.29 is 17.5 Å². The molecule has 0 bridgehead atoms. The van der Waals surface area contributed by atoms with Crippen LogP contribution in [0, 0.1) is 0 Å². The second-order valence-electron chi connectivity index (χ2n) is 7.99. The van der Waals surface area contributed by atoms with E-state index in [1.54, 1.807) is 18.3 Å². The standard InChI is InChI=1S/C20H26N4O4S2/c1-13(2)19-11-17-16(5-8-21-20(17)23-19)18-4-3-15(12-22-18)30(27,28)24-14-6-9-29(25,26)10-7-14/h3-5,8,11-14,24-26H,6-7,9-10H2,1-2H3,(H,21,23). The van der Waals surface area contributed by atoms with Gasteiger partial charge < -0.3 is 4.98 Å². The molecular formula is C20H26N4O4S2. The molecule has 1 aliphatic rings. The molecule has 1 fully saturated rings. The van der Waals surface area contributed by atoms with Gasteiger partial charge in [0.05, 0.1) is 5.69 Å². The van der Waals surface area contributed by atoms with Crippen molar-refractivity contribution in [1.29, 1.82) is 0 Å². The van der Waals surface area contributed by atoms with Crippen LogP contribution in [0.4, 0.5) is 0 Å². The predicted octanol–water partition coefficient (Wildman–Crippen LogP) is 3.94. The van der Waals surface area contributed by atoms with Crippen molar-refractivity contribution in [3.8, 4) is 11.3 Å². The maximum Gasteiger partial charge on any atom is 0.242 e. The number of H-pyrrole nitrogens is 1. The van der Waals surface area contributed by atoms with Gasteiger partial charge in [-0.15, -0.1) is 0 Å². The number of aromatic amines is 1. The number of sulfonamides is 1. The molecule has 4 heterocycles. The first kappa shape index (κ1) is 21.3. The smallest absolute Gasteiger partial charge is 0.242 e.